The minimum Gasteiger partial charge on any atom is -0.0776 e. The molecule has 0 atom stereocenters. The second-order valence-corrected chi connectivity index (χ2v) is 5.84. The van der Waals surface area contributed by atoms with Crippen molar-refractivity contribution in [1.29, 1.82) is 0 Å². The molecule has 0 aromatic heterocycles. The van der Waals surface area contributed by atoms with E-state index in [9.17, 15) is 0 Å². The maximum Gasteiger partial charge on any atom is -0.0398 e. The van der Waals surface area contributed by atoms with Crippen molar-refractivity contribution in [1.82, 2.24) is 0 Å². The van der Waals surface area contributed by atoms with Gasteiger partial charge in [-0.3, -0.25) is 0 Å². The Morgan fingerprint density at radius 2 is 1.39 bits per heavy atom. The topological polar surface area (TPSA) is 0 Å². The molecule has 0 unspecified atom stereocenters. The maximum absolute atomic E-state index is 2.08. The molecule has 0 N–H and O–H groups in total. The minimum atomic E-state index is 0. The van der Waals surface area contributed by atoms with E-state index in [2.05, 4.69) is 19.1 Å². The van der Waals surface area contributed by atoms with Crippen LogP contribution in [0, 0.1) is 18.8 Å². The van der Waals surface area contributed by atoms with Gasteiger partial charge in [0.1, 0.15) is 0 Å². The lowest BCUT2D eigenvalue weighted by Gasteiger charge is -2.20. The molecule has 2 aliphatic carbocycles. The first-order valence-corrected chi connectivity index (χ1v) is 7.36. The lowest BCUT2D eigenvalue weighted by Crippen LogP contribution is -2.06. The highest BCUT2D eigenvalue weighted by Gasteiger charge is 2.25. The van der Waals surface area contributed by atoms with Crippen molar-refractivity contribution in [2.24, 2.45) is 11.8 Å². The summed E-state index contributed by atoms with van der Waals surface area (Å²) in [6.07, 6.45) is 12.4. The van der Waals surface area contributed by atoms with Gasteiger partial charge < -0.3 is 0 Å². The molecule has 2 saturated carbocycles. The SMILES string of the molecule is C.C1CCC(CC2CC2)CC1.Cc1ccccc1. The van der Waals surface area contributed by atoms with Gasteiger partial charge in [-0.25, -0.2) is 0 Å². The van der Waals surface area contributed by atoms with Crippen LogP contribution < -0.4 is 0 Å². The average molecular weight is 246 g/mol. The third-order valence-corrected chi connectivity index (χ3v) is 4.03. The summed E-state index contributed by atoms with van der Waals surface area (Å²) in [7, 11) is 0. The van der Waals surface area contributed by atoms with Gasteiger partial charge in [0.25, 0.3) is 0 Å². The van der Waals surface area contributed by atoms with Gasteiger partial charge in [0.05, 0.1) is 0 Å². The van der Waals surface area contributed by atoms with Crippen molar-refractivity contribution in [3.05, 3.63) is 35.9 Å². The summed E-state index contributed by atoms with van der Waals surface area (Å²) in [4.78, 5) is 0. The van der Waals surface area contributed by atoms with E-state index in [0.717, 1.165) is 5.92 Å². The van der Waals surface area contributed by atoms with Crippen LogP contribution in [0.2, 0.25) is 0 Å². The number of rotatable bonds is 2. The number of benzene rings is 1. The molecule has 0 nitrogen and oxygen atoms in total. The average Bonchev–Trinajstić information content (AvgIpc) is 3.16. The molecule has 0 amide bonds. The van der Waals surface area contributed by atoms with E-state index in [0.29, 0.717) is 0 Å². The van der Waals surface area contributed by atoms with E-state index in [1.807, 2.05) is 18.2 Å². The first kappa shape index (κ1) is 15.3. The maximum atomic E-state index is 2.08. The lowest BCUT2D eigenvalue weighted by atomic mass is 9.86. The van der Waals surface area contributed by atoms with Crippen LogP contribution in [0.15, 0.2) is 30.3 Å². The fourth-order valence-electron chi connectivity index (χ4n) is 2.78. The van der Waals surface area contributed by atoms with Crippen molar-refractivity contribution in [3.63, 3.8) is 0 Å². The van der Waals surface area contributed by atoms with Crippen molar-refractivity contribution in [2.75, 3.05) is 0 Å². The summed E-state index contributed by atoms with van der Waals surface area (Å²) in [6.45, 7) is 2.08. The van der Waals surface area contributed by atoms with Crippen LogP contribution >= 0.6 is 0 Å². The lowest BCUT2D eigenvalue weighted by molar-refractivity contribution is 0.325. The van der Waals surface area contributed by atoms with E-state index in [4.69, 9.17) is 0 Å². The van der Waals surface area contributed by atoms with Crippen LogP contribution in [0.25, 0.3) is 0 Å². The van der Waals surface area contributed by atoms with Crippen LogP contribution in [0.3, 0.4) is 0 Å². The highest BCUT2D eigenvalue weighted by Crippen LogP contribution is 2.39. The molecule has 2 aliphatic rings. The Kier molecular flexibility index (Phi) is 7.08. The molecule has 0 heteroatoms. The number of hydrogen-bond acceptors (Lipinski definition) is 0. The molecule has 0 radical (unpaired) electrons. The van der Waals surface area contributed by atoms with Crippen LogP contribution in [-0.2, 0) is 0 Å². The van der Waals surface area contributed by atoms with E-state index >= 15 is 0 Å². The Morgan fingerprint density at radius 1 is 0.833 bits per heavy atom. The molecule has 0 bridgehead atoms. The molecule has 1 aromatic carbocycles. The molecule has 0 spiro atoms. The summed E-state index contributed by atoms with van der Waals surface area (Å²) in [6, 6.07) is 10.3. The van der Waals surface area contributed by atoms with Gasteiger partial charge in [-0.15, -0.1) is 0 Å². The smallest absolute Gasteiger partial charge is 0.0398 e. The Balaban J connectivity index is 0.000000181. The van der Waals surface area contributed by atoms with Gasteiger partial charge in [-0.1, -0.05) is 88.3 Å². The summed E-state index contributed by atoms with van der Waals surface area (Å²) in [5, 5.41) is 0. The zero-order valence-corrected chi connectivity index (χ0v) is 11.2. The Bertz CT molecular complexity index is 291. The van der Waals surface area contributed by atoms with Crippen molar-refractivity contribution in [2.45, 2.75) is 65.7 Å². The minimum absolute atomic E-state index is 0. The normalized spacial score (nSPS) is 19.4. The Labute approximate surface area is 114 Å². The largest absolute Gasteiger partial charge is 0.0776 e. The number of aryl methyl sites for hydroxylation is 1. The summed E-state index contributed by atoms with van der Waals surface area (Å²) in [5.41, 5.74) is 1.32. The van der Waals surface area contributed by atoms with Crippen LogP contribution in [-0.4, -0.2) is 0 Å². The molecule has 1 aromatic rings. The van der Waals surface area contributed by atoms with E-state index < -0.39 is 0 Å². The monoisotopic (exact) mass is 246 g/mol. The molecule has 0 heterocycles. The Hall–Kier alpha value is -0.780. The third-order valence-electron chi connectivity index (χ3n) is 4.03. The van der Waals surface area contributed by atoms with Crippen LogP contribution in [0.5, 0.6) is 0 Å². The van der Waals surface area contributed by atoms with Crippen LogP contribution in [0.4, 0.5) is 0 Å². The quantitative estimate of drug-likeness (QED) is 0.600. The summed E-state index contributed by atoms with van der Waals surface area (Å²) < 4.78 is 0. The van der Waals surface area contributed by atoms with Gasteiger partial charge in [-0.2, -0.15) is 0 Å². The zero-order valence-electron chi connectivity index (χ0n) is 11.2. The van der Waals surface area contributed by atoms with E-state index in [1.165, 1.54) is 30.7 Å². The molecule has 0 aliphatic heterocycles. The molecule has 2 fully saturated rings. The van der Waals surface area contributed by atoms with Crippen LogP contribution in [0.1, 0.15) is 64.4 Å². The fraction of sp³-hybridized carbons (Fsp3) is 0.667. The van der Waals surface area contributed by atoms with Gasteiger partial charge in [0, 0.05) is 0 Å². The first-order valence-electron chi connectivity index (χ1n) is 7.36. The second kappa shape index (κ2) is 8.34. The zero-order chi connectivity index (χ0) is 11.9. The van der Waals surface area contributed by atoms with Gasteiger partial charge in [0.2, 0.25) is 0 Å². The summed E-state index contributed by atoms with van der Waals surface area (Å²) in [5.74, 6) is 2.31. The van der Waals surface area contributed by atoms with Crippen molar-refractivity contribution < 1.29 is 0 Å². The predicted octanol–water partition coefficient (Wildman–Crippen LogP) is 6.00. The molecule has 18 heavy (non-hydrogen) atoms. The Morgan fingerprint density at radius 3 is 1.83 bits per heavy atom. The third kappa shape index (κ3) is 6.23. The molecular formula is C18H30. The highest BCUT2D eigenvalue weighted by molar-refractivity contribution is 5.11. The van der Waals surface area contributed by atoms with Crippen molar-refractivity contribution in [3.8, 4) is 0 Å². The van der Waals surface area contributed by atoms with Gasteiger partial charge in [-0.05, 0) is 25.2 Å². The molecular weight excluding hydrogens is 216 g/mol. The number of hydrogen-bond donors (Lipinski definition) is 0. The highest BCUT2D eigenvalue weighted by atomic mass is 14.3. The second-order valence-electron chi connectivity index (χ2n) is 5.84. The predicted molar refractivity (Wildman–Crippen MR) is 81.8 cm³/mol. The molecule has 3 rings (SSSR count). The molecule has 0 saturated heterocycles. The van der Waals surface area contributed by atoms with E-state index in [1.54, 1.807) is 32.1 Å². The van der Waals surface area contributed by atoms with Gasteiger partial charge in [0.15, 0.2) is 0 Å². The standard InChI is InChI=1S/C10H18.C7H8.CH4/c1-2-4-9(5-3-1)8-10-6-7-10;1-7-5-3-2-4-6-7;/h9-10H,1-8H2;2-6H,1H3;1H4. The summed E-state index contributed by atoms with van der Waals surface area (Å²) >= 11 is 0. The van der Waals surface area contributed by atoms with E-state index in [-0.39, 0.29) is 7.43 Å². The molecule has 102 valence electrons. The van der Waals surface area contributed by atoms with Gasteiger partial charge >= 0.3 is 0 Å². The van der Waals surface area contributed by atoms with Crippen molar-refractivity contribution >= 4 is 0 Å². The fourth-order valence-corrected chi connectivity index (χ4v) is 2.78. The first-order chi connectivity index (χ1) is 8.34.